The summed E-state index contributed by atoms with van der Waals surface area (Å²) in [5, 5.41) is 0. The maximum atomic E-state index is 14.2. The van der Waals surface area contributed by atoms with Gasteiger partial charge in [-0.3, -0.25) is 0 Å². The van der Waals surface area contributed by atoms with Crippen molar-refractivity contribution >= 4 is 11.4 Å². The molecule has 0 saturated heterocycles. The Bertz CT molecular complexity index is 1630. The minimum Gasteiger partial charge on any atom is -0.456 e. The molecular formula is C24H10F18N2O2. The minimum atomic E-state index is -6.24. The molecule has 254 valence electrons. The molecule has 0 bridgehead atoms. The first-order chi connectivity index (χ1) is 20.5. The molecule has 0 aliphatic rings. The monoisotopic (exact) mass is 700 g/mol. The fraction of sp³-hybridized carbons (Fsp3) is 0.250. The van der Waals surface area contributed by atoms with Crippen LogP contribution < -0.4 is 20.9 Å². The van der Waals surface area contributed by atoms with Crippen LogP contribution >= 0.6 is 0 Å². The van der Waals surface area contributed by atoms with E-state index in [2.05, 4.69) is 9.47 Å². The summed E-state index contributed by atoms with van der Waals surface area (Å²) in [4.78, 5) is 0. The van der Waals surface area contributed by atoms with Crippen LogP contribution in [0.15, 0.2) is 36.4 Å². The largest absolute Gasteiger partial charge is 0.456 e. The molecule has 0 amide bonds. The van der Waals surface area contributed by atoms with Gasteiger partial charge in [-0.1, -0.05) is 0 Å². The van der Waals surface area contributed by atoms with Crippen molar-refractivity contribution in [3.8, 4) is 23.0 Å². The predicted octanol–water partition coefficient (Wildman–Crippen LogP) is 10.5. The minimum absolute atomic E-state index is 0.185. The van der Waals surface area contributed by atoms with E-state index in [4.69, 9.17) is 11.5 Å². The smallest absolute Gasteiger partial charge is 0.423 e. The van der Waals surface area contributed by atoms with Crippen LogP contribution in [0.1, 0.15) is 33.4 Å². The molecular weight excluding hydrogens is 690 g/mol. The number of alkyl halides is 18. The van der Waals surface area contributed by atoms with Crippen LogP contribution in [0.25, 0.3) is 0 Å². The zero-order valence-electron chi connectivity index (χ0n) is 21.2. The Labute approximate surface area is 242 Å². The Morgan fingerprint density at radius 3 is 0.935 bits per heavy atom. The molecule has 3 rings (SSSR count). The van der Waals surface area contributed by atoms with Gasteiger partial charge in [-0.15, -0.1) is 0 Å². The molecule has 0 aliphatic carbocycles. The molecule has 0 unspecified atom stereocenters. The summed E-state index contributed by atoms with van der Waals surface area (Å²) in [5.74, 6) is -8.87. The van der Waals surface area contributed by atoms with Gasteiger partial charge in [0, 0.05) is 0 Å². The molecule has 0 saturated carbocycles. The highest BCUT2D eigenvalue weighted by molar-refractivity contribution is 5.66. The summed E-state index contributed by atoms with van der Waals surface area (Å²) >= 11 is 0. The Hall–Kier alpha value is -4.40. The first kappa shape index (κ1) is 36.1. The first-order valence-corrected chi connectivity index (χ1v) is 11.3. The first-order valence-electron chi connectivity index (χ1n) is 11.3. The van der Waals surface area contributed by atoms with Crippen molar-refractivity contribution in [2.24, 2.45) is 0 Å². The summed E-state index contributed by atoms with van der Waals surface area (Å²) in [6, 6.07) is -1.66. The number of benzene rings is 3. The highest BCUT2D eigenvalue weighted by Gasteiger charge is 2.49. The third-order valence-corrected chi connectivity index (χ3v) is 5.73. The lowest BCUT2D eigenvalue weighted by Crippen LogP contribution is -2.19. The van der Waals surface area contributed by atoms with E-state index in [1.165, 1.54) is 0 Å². The Balaban J connectivity index is 2.42. The lowest BCUT2D eigenvalue weighted by molar-refractivity contribution is -0.146. The van der Waals surface area contributed by atoms with Gasteiger partial charge < -0.3 is 20.9 Å². The quantitative estimate of drug-likeness (QED) is 0.210. The van der Waals surface area contributed by atoms with Gasteiger partial charge in [0.2, 0.25) is 0 Å². The second kappa shape index (κ2) is 11.1. The van der Waals surface area contributed by atoms with Crippen LogP contribution in [0.2, 0.25) is 0 Å². The van der Waals surface area contributed by atoms with Crippen LogP contribution in [0.3, 0.4) is 0 Å². The predicted molar refractivity (Wildman–Crippen MR) is 118 cm³/mol. The van der Waals surface area contributed by atoms with Gasteiger partial charge >= 0.3 is 37.1 Å². The second-order valence-corrected chi connectivity index (χ2v) is 8.81. The van der Waals surface area contributed by atoms with Crippen LogP contribution in [-0.2, 0) is 37.1 Å². The van der Waals surface area contributed by atoms with Gasteiger partial charge in [0.15, 0.2) is 5.75 Å². The maximum Gasteiger partial charge on any atom is 0.423 e. The van der Waals surface area contributed by atoms with E-state index in [1.54, 1.807) is 0 Å². The highest BCUT2D eigenvalue weighted by atomic mass is 19.4. The van der Waals surface area contributed by atoms with Crippen LogP contribution in [-0.4, -0.2) is 0 Å². The van der Waals surface area contributed by atoms with Gasteiger partial charge in [-0.25, -0.2) is 0 Å². The average molecular weight is 700 g/mol. The molecule has 46 heavy (non-hydrogen) atoms. The van der Waals surface area contributed by atoms with Gasteiger partial charge in [0.05, 0.1) is 28.1 Å². The topological polar surface area (TPSA) is 70.5 Å². The van der Waals surface area contributed by atoms with Crippen molar-refractivity contribution < 1.29 is 88.5 Å². The lowest BCUT2D eigenvalue weighted by atomic mass is 10.0. The van der Waals surface area contributed by atoms with Crippen molar-refractivity contribution in [1.82, 2.24) is 0 Å². The molecule has 0 aliphatic heterocycles. The van der Waals surface area contributed by atoms with E-state index in [-0.39, 0.29) is 36.4 Å². The summed E-state index contributed by atoms with van der Waals surface area (Å²) in [5.41, 5.74) is -9.58. The molecule has 0 heterocycles. The molecule has 3 aromatic carbocycles. The molecule has 4 nitrogen and oxygen atoms in total. The van der Waals surface area contributed by atoms with E-state index in [9.17, 15) is 79.0 Å². The fourth-order valence-corrected chi connectivity index (χ4v) is 3.92. The highest BCUT2D eigenvalue weighted by Crippen LogP contribution is 2.54. The van der Waals surface area contributed by atoms with Gasteiger partial charge in [0.25, 0.3) is 0 Å². The second-order valence-electron chi connectivity index (χ2n) is 8.81. The van der Waals surface area contributed by atoms with Gasteiger partial charge in [-0.05, 0) is 36.4 Å². The molecule has 4 N–H and O–H groups in total. The number of nitrogen functional groups attached to an aromatic ring is 2. The van der Waals surface area contributed by atoms with E-state index < -0.39 is 105 Å². The Morgan fingerprint density at radius 1 is 0.348 bits per heavy atom. The molecule has 3 aromatic rings. The molecule has 0 radical (unpaired) electrons. The molecule has 22 heteroatoms. The molecule has 0 atom stereocenters. The lowest BCUT2D eigenvalue weighted by Gasteiger charge is -2.25. The molecule has 0 aromatic heterocycles. The van der Waals surface area contributed by atoms with E-state index in [0.29, 0.717) is 0 Å². The molecule has 0 fully saturated rings. The van der Waals surface area contributed by atoms with E-state index in [0.717, 1.165) is 0 Å². The molecule has 0 spiro atoms. The summed E-state index contributed by atoms with van der Waals surface area (Å²) < 4.78 is 254. The number of nitrogens with two attached hydrogens (primary N) is 2. The summed E-state index contributed by atoms with van der Waals surface area (Å²) in [6.07, 6.45) is -35.3. The number of rotatable bonds is 4. The van der Waals surface area contributed by atoms with Crippen molar-refractivity contribution in [3.05, 3.63) is 69.8 Å². The zero-order valence-corrected chi connectivity index (χ0v) is 21.2. The number of anilines is 2. The Morgan fingerprint density at radius 2 is 0.630 bits per heavy atom. The van der Waals surface area contributed by atoms with Gasteiger partial charge in [0.1, 0.15) is 33.9 Å². The summed E-state index contributed by atoms with van der Waals surface area (Å²) in [7, 11) is 0. The van der Waals surface area contributed by atoms with Crippen molar-refractivity contribution in [2.45, 2.75) is 37.1 Å². The van der Waals surface area contributed by atoms with Crippen LogP contribution in [0, 0.1) is 0 Å². The SMILES string of the molecule is Nc1c(C(F)(F)F)ccc(Oc2ccc(C(F)(F)F)c(Oc3ccc(C(F)(F)F)c(N)c3C(F)(F)F)c2C(F)(F)F)c1C(F)(F)F. The normalized spacial score (nSPS) is 13.6. The maximum absolute atomic E-state index is 14.2. The number of hydrogen-bond donors (Lipinski definition) is 2. The average Bonchev–Trinajstić information content (AvgIpc) is 2.79. The van der Waals surface area contributed by atoms with Crippen LogP contribution in [0.5, 0.6) is 23.0 Å². The fourth-order valence-electron chi connectivity index (χ4n) is 3.92. The zero-order chi connectivity index (χ0) is 35.6. The number of halogens is 18. The third kappa shape index (κ3) is 7.19. The van der Waals surface area contributed by atoms with Crippen molar-refractivity contribution in [3.63, 3.8) is 0 Å². The third-order valence-electron chi connectivity index (χ3n) is 5.73. The number of hydrogen-bond acceptors (Lipinski definition) is 4. The van der Waals surface area contributed by atoms with E-state index >= 15 is 0 Å². The van der Waals surface area contributed by atoms with Crippen molar-refractivity contribution in [2.75, 3.05) is 11.5 Å². The van der Waals surface area contributed by atoms with Crippen molar-refractivity contribution in [1.29, 1.82) is 0 Å². The van der Waals surface area contributed by atoms with Crippen LogP contribution in [0.4, 0.5) is 90.4 Å². The van der Waals surface area contributed by atoms with Gasteiger partial charge in [-0.2, -0.15) is 79.0 Å². The summed E-state index contributed by atoms with van der Waals surface area (Å²) in [6.45, 7) is 0. The van der Waals surface area contributed by atoms with E-state index in [1.807, 2.05) is 0 Å². The standard InChI is InChI=1S/C24H10F18N2O2/c25-19(26,27)7-1-4-10(13(16(7)43)22(34,35)36)45-12-6-3-9(21(31,32)33)18(15(12)24(40,41)42)46-11-5-2-8(20(28,29)30)17(44)14(11)23(37,38)39/h1-6H,43-44H2. The number of ether oxygens (including phenoxy) is 2. The Kier molecular flexibility index (Phi) is 8.74.